The molecule has 50 heavy (non-hydrogen) atoms. The second-order valence-corrected chi connectivity index (χ2v) is 14.8. The number of pyridine rings is 1. The maximum atomic E-state index is 6.63. The van der Waals surface area contributed by atoms with Crippen LogP contribution in [0.5, 0.6) is 11.5 Å². The molecule has 0 saturated heterocycles. The monoisotopic (exact) mass is 835 g/mol. The minimum Gasteiger partial charge on any atom is -0.509 e. The van der Waals surface area contributed by atoms with Gasteiger partial charge in [-0.1, -0.05) is 107 Å². The minimum atomic E-state index is -0.111. The number of ether oxygens (including phenoxy) is 1. The molecule has 0 fully saturated rings. The molecule has 0 unspecified atom stereocenters. The predicted molar refractivity (Wildman–Crippen MR) is 202 cm³/mol. The van der Waals surface area contributed by atoms with Crippen molar-refractivity contribution in [3.05, 3.63) is 145 Å². The van der Waals surface area contributed by atoms with Crippen molar-refractivity contribution in [3.8, 4) is 17.3 Å². The Labute approximate surface area is 309 Å². The number of hydrogen-bond donors (Lipinski definition) is 0. The van der Waals surface area contributed by atoms with E-state index in [1.54, 1.807) is 0 Å². The Morgan fingerprint density at radius 2 is 1.30 bits per heavy atom. The van der Waals surface area contributed by atoms with Crippen molar-refractivity contribution in [1.29, 1.82) is 0 Å². The fourth-order valence-corrected chi connectivity index (χ4v) is 6.87. The first-order valence-electron chi connectivity index (χ1n) is 16.9. The Hall–Kier alpha value is -4.86. The van der Waals surface area contributed by atoms with Crippen LogP contribution in [0.15, 0.2) is 121 Å². The molecule has 2 aromatic heterocycles. The van der Waals surface area contributed by atoms with E-state index in [2.05, 4.69) is 171 Å². The van der Waals surface area contributed by atoms with Gasteiger partial charge in [-0.3, -0.25) is 0 Å². The number of anilines is 4. The Kier molecular flexibility index (Phi) is 8.60. The molecular weight excluding hydrogens is 796 g/mol. The third-order valence-corrected chi connectivity index (χ3v) is 9.41. The first-order valence-corrected chi connectivity index (χ1v) is 16.9. The summed E-state index contributed by atoms with van der Waals surface area (Å²) in [5.74, 6) is 2.14. The van der Waals surface area contributed by atoms with Crippen LogP contribution < -0.4 is 14.5 Å². The average Bonchev–Trinajstić information content (AvgIpc) is 3.64. The number of hydrogen-bond acceptors (Lipinski definition) is 4. The van der Waals surface area contributed by atoms with Gasteiger partial charge >= 0.3 is 21.1 Å². The topological polar surface area (TPSA) is 33.5 Å². The van der Waals surface area contributed by atoms with Crippen LogP contribution in [-0.4, -0.2) is 16.2 Å². The summed E-state index contributed by atoms with van der Waals surface area (Å²) in [6.45, 7) is 14.1. The number of rotatable bonds is 5. The van der Waals surface area contributed by atoms with Crippen LogP contribution in [0.3, 0.4) is 0 Å². The van der Waals surface area contributed by atoms with Gasteiger partial charge in [0.2, 0.25) is 0 Å². The number of aromatic nitrogens is 2. The van der Waals surface area contributed by atoms with Gasteiger partial charge in [-0.05, 0) is 58.8 Å². The maximum absolute atomic E-state index is 6.63. The van der Waals surface area contributed by atoms with Gasteiger partial charge in [-0.2, -0.15) is 12.1 Å². The third-order valence-electron chi connectivity index (χ3n) is 9.41. The summed E-state index contributed by atoms with van der Waals surface area (Å²) in [6.07, 6.45) is 1.90. The standard InChI is InChI=1S/C44H40N4O.Pt/c1-43(2,3)30-24-25-45-42(26-30)48-37-17-11-10-16-34(37)35-22-20-32(27-40(35)48)49-33-21-23-36(44(4,5)6)41(28-33)47-29-46(31-14-8-7-9-15-31)38-18-12-13-19-39(38)47;/h7-26H,29H2,1-6H3;/q-2;+2. The van der Waals surface area contributed by atoms with Gasteiger partial charge in [-0.15, -0.1) is 35.2 Å². The van der Waals surface area contributed by atoms with E-state index in [9.17, 15) is 0 Å². The van der Waals surface area contributed by atoms with Gasteiger partial charge in [0.25, 0.3) is 0 Å². The molecule has 5 aromatic carbocycles. The van der Waals surface area contributed by atoms with Gasteiger partial charge in [0, 0.05) is 28.9 Å². The van der Waals surface area contributed by atoms with Crippen LogP contribution in [0, 0.1) is 12.1 Å². The summed E-state index contributed by atoms with van der Waals surface area (Å²) in [6, 6.07) is 47.6. The fraction of sp³-hybridized carbons (Fsp3) is 0.205. The molecule has 5 nitrogen and oxygen atoms in total. The van der Waals surface area contributed by atoms with Crippen LogP contribution in [0.1, 0.15) is 52.7 Å². The Bertz CT molecular complexity index is 2330. The Morgan fingerprint density at radius 1 is 0.640 bits per heavy atom. The van der Waals surface area contributed by atoms with E-state index in [-0.39, 0.29) is 31.9 Å². The molecule has 0 bridgehead atoms. The second kappa shape index (κ2) is 12.8. The van der Waals surface area contributed by atoms with Crippen LogP contribution in [0.25, 0.3) is 27.6 Å². The minimum absolute atomic E-state index is 0. The average molecular weight is 836 g/mol. The van der Waals surface area contributed by atoms with Crippen LogP contribution in [0.2, 0.25) is 0 Å². The first-order chi connectivity index (χ1) is 23.6. The molecule has 1 aliphatic heterocycles. The predicted octanol–water partition coefficient (Wildman–Crippen LogP) is 11.4. The fourth-order valence-electron chi connectivity index (χ4n) is 6.87. The molecule has 7 aromatic rings. The molecule has 0 radical (unpaired) electrons. The van der Waals surface area contributed by atoms with E-state index in [1.807, 2.05) is 18.3 Å². The molecule has 0 N–H and O–H groups in total. The zero-order valence-electron chi connectivity index (χ0n) is 29.3. The van der Waals surface area contributed by atoms with Crippen molar-refractivity contribution in [3.63, 3.8) is 0 Å². The molecular formula is C44H40N4OPt. The molecule has 6 heteroatoms. The summed E-state index contributed by atoms with van der Waals surface area (Å²) in [4.78, 5) is 9.54. The van der Waals surface area contributed by atoms with Gasteiger partial charge in [-0.25, -0.2) is 4.98 Å². The first kappa shape index (κ1) is 33.6. The van der Waals surface area contributed by atoms with Crippen molar-refractivity contribution < 1.29 is 25.8 Å². The van der Waals surface area contributed by atoms with E-state index >= 15 is 0 Å². The summed E-state index contributed by atoms with van der Waals surface area (Å²) in [5, 5.41) is 2.26. The molecule has 0 saturated carbocycles. The smallest absolute Gasteiger partial charge is 0.509 e. The zero-order chi connectivity index (χ0) is 33.9. The molecule has 8 rings (SSSR count). The SMILES string of the molecule is CC(C)(C)c1ccnc(-n2c3[c-]c(Oc4[c-]c(N5CN(c6ccccc6)c6ccccc65)c(C(C)(C)C)cc4)ccc3c3ccccc32)c1.[Pt+2]. The largest absolute Gasteiger partial charge is 2.00 e. The van der Waals surface area contributed by atoms with E-state index in [0.29, 0.717) is 18.2 Å². The number of para-hydroxylation sites is 4. The van der Waals surface area contributed by atoms with Crippen molar-refractivity contribution in [2.75, 3.05) is 16.5 Å². The number of benzene rings is 5. The Morgan fingerprint density at radius 3 is 2.04 bits per heavy atom. The molecule has 0 spiro atoms. The molecule has 0 aliphatic carbocycles. The van der Waals surface area contributed by atoms with Crippen molar-refractivity contribution in [2.45, 2.75) is 52.4 Å². The van der Waals surface area contributed by atoms with E-state index in [4.69, 9.17) is 9.72 Å². The van der Waals surface area contributed by atoms with E-state index in [1.165, 1.54) is 16.8 Å². The van der Waals surface area contributed by atoms with Gasteiger partial charge in [0.15, 0.2) is 0 Å². The van der Waals surface area contributed by atoms with Crippen LogP contribution >= 0.6 is 0 Å². The summed E-state index contributed by atoms with van der Waals surface area (Å²) >= 11 is 0. The number of fused-ring (bicyclic) bond motifs is 4. The van der Waals surface area contributed by atoms with Gasteiger partial charge in [0.1, 0.15) is 5.82 Å². The zero-order valence-corrected chi connectivity index (χ0v) is 31.5. The van der Waals surface area contributed by atoms with Crippen molar-refractivity contribution in [2.24, 2.45) is 0 Å². The summed E-state index contributed by atoms with van der Waals surface area (Å²) in [7, 11) is 0. The normalized spacial score (nSPS) is 13.1. The number of nitrogens with zero attached hydrogens (tertiary/aromatic N) is 4. The van der Waals surface area contributed by atoms with Crippen molar-refractivity contribution >= 4 is 44.6 Å². The molecule has 3 heterocycles. The third kappa shape index (κ3) is 5.98. The maximum Gasteiger partial charge on any atom is 2.00 e. The molecule has 1 aliphatic rings. The van der Waals surface area contributed by atoms with Crippen molar-refractivity contribution in [1.82, 2.24) is 9.55 Å². The van der Waals surface area contributed by atoms with Gasteiger partial charge < -0.3 is 19.1 Å². The molecule has 0 atom stereocenters. The second-order valence-electron chi connectivity index (χ2n) is 14.8. The quantitative estimate of drug-likeness (QED) is 0.162. The molecule has 252 valence electrons. The van der Waals surface area contributed by atoms with E-state index < -0.39 is 0 Å². The Balaban J connectivity index is 0.00000392. The molecule has 0 amide bonds. The van der Waals surface area contributed by atoms with Crippen LogP contribution in [-0.2, 0) is 31.9 Å². The summed E-state index contributed by atoms with van der Waals surface area (Å²) < 4.78 is 8.83. The summed E-state index contributed by atoms with van der Waals surface area (Å²) in [5.41, 5.74) is 8.81. The van der Waals surface area contributed by atoms with Gasteiger partial charge in [0.05, 0.1) is 18.0 Å². The van der Waals surface area contributed by atoms with E-state index in [0.717, 1.165) is 44.7 Å². The van der Waals surface area contributed by atoms with Crippen LogP contribution in [0.4, 0.5) is 22.7 Å².